The molecule has 1 aliphatic carbocycles. The summed E-state index contributed by atoms with van der Waals surface area (Å²) >= 11 is 0. The molecule has 1 aromatic rings. The maximum Gasteiger partial charge on any atom is 0.246 e. The first kappa shape index (κ1) is 25.5. The summed E-state index contributed by atoms with van der Waals surface area (Å²) in [7, 11) is 0. The Kier molecular flexibility index (Phi) is 9.40. The molecule has 0 bridgehead atoms. The van der Waals surface area contributed by atoms with E-state index >= 15 is 0 Å². The van der Waals surface area contributed by atoms with Crippen LogP contribution in [0.5, 0.6) is 5.75 Å². The van der Waals surface area contributed by atoms with E-state index in [1.807, 2.05) is 28.0 Å². The van der Waals surface area contributed by atoms with Crippen molar-refractivity contribution in [1.82, 2.24) is 15.1 Å². The standard InChI is InChI=1S/C27H40N4O4/c32-16-15-30(14-6-4-10-21-8-2-1-3-9-21)26(34)11-5-7-17-35-23-12-13-24-22(18-23)19-31-20-25(33)29-27(31)28-24/h12-13,18,21,32H,1-11,14-17,19-20H2,(H,28,29,33). The van der Waals surface area contributed by atoms with Crippen molar-refractivity contribution < 1.29 is 19.4 Å². The normalized spacial score (nSPS) is 17.5. The molecule has 0 aromatic heterocycles. The molecule has 0 spiro atoms. The Balaban J connectivity index is 1.12. The van der Waals surface area contributed by atoms with Crippen LogP contribution in [0.4, 0.5) is 5.69 Å². The Morgan fingerprint density at radius 1 is 1.11 bits per heavy atom. The van der Waals surface area contributed by atoms with Crippen molar-refractivity contribution in [2.24, 2.45) is 10.9 Å². The zero-order valence-corrected chi connectivity index (χ0v) is 20.8. The van der Waals surface area contributed by atoms with Gasteiger partial charge in [0.15, 0.2) is 0 Å². The fourth-order valence-corrected chi connectivity index (χ4v) is 5.35. The van der Waals surface area contributed by atoms with E-state index in [1.165, 1.54) is 44.9 Å². The minimum absolute atomic E-state index is 0.0169. The van der Waals surface area contributed by atoms with Gasteiger partial charge >= 0.3 is 0 Å². The first-order valence-electron chi connectivity index (χ1n) is 13.4. The van der Waals surface area contributed by atoms with Gasteiger partial charge in [0.25, 0.3) is 0 Å². The summed E-state index contributed by atoms with van der Waals surface area (Å²) in [5.74, 6) is 2.40. The fraction of sp³-hybridized carbons (Fsp3) is 0.667. The predicted molar refractivity (Wildman–Crippen MR) is 136 cm³/mol. The smallest absolute Gasteiger partial charge is 0.246 e. The number of aliphatic hydroxyl groups is 1. The number of hydrogen-bond acceptors (Lipinski definition) is 6. The summed E-state index contributed by atoms with van der Waals surface area (Å²) in [6, 6.07) is 5.81. The third-order valence-electron chi connectivity index (χ3n) is 7.32. The van der Waals surface area contributed by atoms with Gasteiger partial charge in [0.05, 0.1) is 18.9 Å². The average molecular weight is 485 g/mol. The van der Waals surface area contributed by atoms with E-state index in [2.05, 4.69) is 10.3 Å². The topological polar surface area (TPSA) is 94.5 Å². The number of aliphatic imine (C=N–C) groups is 1. The maximum absolute atomic E-state index is 12.7. The van der Waals surface area contributed by atoms with Gasteiger partial charge in [0, 0.05) is 31.6 Å². The number of nitrogens with zero attached hydrogens (tertiary/aromatic N) is 3. The Bertz CT molecular complexity index is 897. The quantitative estimate of drug-likeness (QED) is 0.416. The molecule has 8 heteroatoms. The highest BCUT2D eigenvalue weighted by molar-refractivity contribution is 6.05. The zero-order valence-electron chi connectivity index (χ0n) is 20.8. The Morgan fingerprint density at radius 3 is 2.80 bits per heavy atom. The molecule has 2 amide bonds. The molecule has 0 unspecified atom stereocenters. The van der Waals surface area contributed by atoms with Crippen LogP contribution < -0.4 is 10.1 Å². The summed E-state index contributed by atoms with van der Waals surface area (Å²) in [6.45, 7) is 2.72. The monoisotopic (exact) mass is 484 g/mol. The molecular formula is C27H40N4O4. The van der Waals surface area contributed by atoms with Gasteiger partial charge in [-0.05, 0) is 43.4 Å². The highest BCUT2D eigenvalue weighted by Crippen LogP contribution is 2.30. The average Bonchev–Trinajstić information content (AvgIpc) is 3.23. The van der Waals surface area contributed by atoms with Crippen LogP contribution in [0.15, 0.2) is 23.2 Å². The van der Waals surface area contributed by atoms with Gasteiger partial charge in [-0.3, -0.25) is 14.9 Å². The van der Waals surface area contributed by atoms with Gasteiger partial charge in [-0.2, -0.15) is 0 Å². The van der Waals surface area contributed by atoms with Crippen molar-refractivity contribution in [3.8, 4) is 5.75 Å². The van der Waals surface area contributed by atoms with Crippen molar-refractivity contribution in [3.63, 3.8) is 0 Å². The van der Waals surface area contributed by atoms with Crippen LogP contribution in [-0.2, 0) is 16.1 Å². The number of ether oxygens (including phenoxy) is 1. The summed E-state index contributed by atoms with van der Waals surface area (Å²) in [6.07, 6.45) is 12.4. The van der Waals surface area contributed by atoms with E-state index in [9.17, 15) is 14.7 Å². The summed E-state index contributed by atoms with van der Waals surface area (Å²) < 4.78 is 5.92. The molecule has 3 aliphatic rings. The van der Waals surface area contributed by atoms with Crippen LogP contribution in [0.3, 0.4) is 0 Å². The number of nitrogens with one attached hydrogen (secondary N) is 1. The van der Waals surface area contributed by atoms with Crippen LogP contribution in [-0.4, -0.2) is 65.5 Å². The number of guanidine groups is 1. The predicted octanol–water partition coefficient (Wildman–Crippen LogP) is 3.74. The van der Waals surface area contributed by atoms with Gasteiger partial charge in [-0.1, -0.05) is 44.9 Å². The van der Waals surface area contributed by atoms with Gasteiger partial charge in [0.2, 0.25) is 17.8 Å². The van der Waals surface area contributed by atoms with E-state index < -0.39 is 0 Å². The molecule has 0 radical (unpaired) electrons. The van der Waals surface area contributed by atoms with Gasteiger partial charge < -0.3 is 19.6 Å². The second kappa shape index (κ2) is 12.9. The SMILES string of the molecule is O=C1CN2Cc3cc(OCCCCC(=O)N(CCO)CCCCC4CCCCC4)ccc3N=C2N1. The second-order valence-corrected chi connectivity index (χ2v) is 10.0. The van der Waals surface area contributed by atoms with E-state index in [1.54, 1.807) is 0 Å². The van der Waals surface area contributed by atoms with Crippen molar-refractivity contribution in [2.45, 2.75) is 77.2 Å². The third-order valence-corrected chi connectivity index (χ3v) is 7.32. The van der Waals surface area contributed by atoms with E-state index in [0.717, 1.165) is 48.7 Å². The van der Waals surface area contributed by atoms with E-state index in [4.69, 9.17) is 4.74 Å². The molecule has 2 aliphatic heterocycles. The fourth-order valence-electron chi connectivity index (χ4n) is 5.35. The summed E-state index contributed by atoms with van der Waals surface area (Å²) in [5.41, 5.74) is 1.90. The van der Waals surface area contributed by atoms with Crippen LogP contribution in [0.25, 0.3) is 0 Å². The number of benzene rings is 1. The van der Waals surface area contributed by atoms with Crippen molar-refractivity contribution in [1.29, 1.82) is 0 Å². The summed E-state index contributed by atoms with van der Waals surface area (Å²) in [4.78, 5) is 32.5. The number of rotatable bonds is 13. The lowest BCUT2D eigenvalue weighted by molar-refractivity contribution is -0.132. The number of carbonyl (C=O) groups is 2. The molecule has 1 saturated carbocycles. The molecule has 1 aromatic carbocycles. The lowest BCUT2D eigenvalue weighted by atomic mass is 9.86. The van der Waals surface area contributed by atoms with Gasteiger partial charge in [-0.25, -0.2) is 4.99 Å². The lowest BCUT2D eigenvalue weighted by Crippen LogP contribution is -2.34. The molecule has 0 atom stereocenters. The number of hydrogen-bond donors (Lipinski definition) is 2. The number of unbranched alkanes of at least 4 members (excludes halogenated alkanes) is 2. The summed E-state index contributed by atoms with van der Waals surface area (Å²) in [5, 5.41) is 12.2. The largest absolute Gasteiger partial charge is 0.494 e. The maximum atomic E-state index is 12.7. The molecule has 1 saturated heterocycles. The van der Waals surface area contributed by atoms with Crippen molar-refractivity contribution in [3.05, 3.63) is 23.8 Å². The molecule has 2 N–H and O–H groups in total. The van der Waals surface area contributed by atoms with Crippen LogP contribution >= 0.6 is 0 Å². The lowest BCUT2D eigenvalue weighted by Gasteiger charge is -2.24. The minimum Gasteiger partial charge on any atom is -0.494 e. The minimum atomic E-state index is -0.0282. The van der Waals surface area contributed by atoms with Crippen molar-refractivity contribution in [2.75, 3.05) is 32.8 Å². The first-order valence-corrected chi connectivity index (χ1v) is 13.4. The Hall–Kier alpha value is -2.61. The van der Waals surface area contributed by atoms with Crippen LogP contribution in [0, 0.1) is 5.92 Å². The Morgan fingerprint density at radius 2 is 1.97 bits per heavy atom. The molecule has 192 valence electrons. The third kappa shape index (κ3) is 7.43. The van der Waals surface area contributed by atoms with E-state index in [0.29, 0.717) is 38.6 Å². The van der Waals surface area contributed by atoms with Crippen molar-refractivity contribution >= 4 is 23.5 Å². The van der Waals surface area contributed by atoms with Gasteiger partial charge in [0.1, 0.15) is 12.3 Å². The second-order valence-electron chi connectivity index (χ2n) is 10.0. The molecular weight excluding hydrogens is 444 g/mol. The highest BCUT2D eigenvalue weighted by Gasteiger charge is 2.29. The number of aliphatic hydroxyl groups excluding tert-OH is 1. The number of amides is 2. The van der Waals surface area contributed by atoms with E-state index in [-0.39, 0.29) is 18.4 Å². The highest BCUT2D eigenvalue weighted by atomic mass is 16.5. The number of fused-ring (bicyclic) bond motifs is 2. The molecule has 2 heterocycles. The molecule has 4 rings (SSSR count). The van der Waals surface area contributed by atoms with Crippen LogP contribution in [0.2, 0.25) is 0 Å². The van der Waals surface area contributed by atoms with Gasteiger partial charge in [-0.15, -0.1) is 0 Å². The number of carbonyl (C=O) groups excluding carboxylic acids is 2. The first-order chi connectivity index (χ1) is 17.1. The molecule has 35 heavy (non-hydrogen) atoms. The molecule has 2 fully saturated rings. The van der Waals surface area contributed by atoms with Crippen LogP contribution in [0.1, 0.15) is 76.2 Å². The zero-order chi connectivity index (χ0) is 24.5. The Labute approximate surface area is 208 Å². The molecule has 8 nitrogen and oxygen atoms in total.